The number of hydrogen-bond donors (Lipinski definition) is 1. The van der Waals surface area contributed by atoms with Crippen LogP contribution in [0.4, 0.5) is 0 Å². The van der Waals surface area contributed by atoms with Gasteiger partial charge in [-0.25, -0.2) is 4.98 Å². The number of ether oxygens (including phenoxy) is 2. The molecule has 0 aliphatic carbocycles. The zero-order valence-electron chi connectivity index (χ0n) is 14.7. The fourth-order valence-electron chi connectivity index (χ4n) is 2.54. The second-order valence-electron chi connectivity index (χ2n) is 5.92. The molecule has 0 saturated carbocycles. The summed E-state index contributed by atoms with van der Waals surface area (Å²) in [7, 11) is 0. The molecule has 1 N–H and O–H groups in total. The number of fused-ring (bicyclic) bond motifs is 1. The molecule has 0 radical (unpaired) electrons. The molecule has 0 saturated heterocycles. The van der Waals surface area contributed by atoms with Crippen molar-refractivity contribution in [2.75, 3.05) is 12.5 Å². The molecule has 0 atom stereocenters. The van der Waals surface area contributed by atoms with Gasteiger partial charge >= 0.3 is 0 Å². The Morgan fingerprint density at radius 3 is 2.93 bits per heavy atom. The van der Waals surface area contributed by atoms with Gasteiger partial charge in [0.15, 0.2) is 21.6 Å². The highest BCUT2D eigenvalue weighted by molar-refractivity contribution is 8.01. The van der Waals surface area contributed by atoms with E-state index in [2.05, 4.69) is 10.3 Å². The molecule has 9 heteroatoms. The highest BCUT2D eigenvalue weighted by atomic mass is 32.2. The van der Waals surface area contributed by atoms with Crippen LogP contribution in [0.15, 0.2) is 45.4 Å². The Labute approximate surface area is 173 Å². The lowest BCUT2D eigenvalue weighted by molar-refractivity contribution is -0.120. The van der Waals surface area contributed by atoms with E-state index in [4.69, 9.17) is 9.47 Å². The zero-order chi connectivity index (χ0) is 19.3. The van der Waals surface area contributed by atoms with Gasteiger partial charge in [0.25, 0.3) is 0 Å². The summed E-state index contributed by atoms with van der Waals surface area (Å²) in [5, 5.41) is 6.73. The summed E-state index contributed by atoms with van der Waals surface area (Å²) in [5.41, 5.74) is 1.30. The van der Waals surface area contributed by atoms with Gasteiger partial charge < -0.3 is 14.8 Å². The summed E-state index contributed by atoms with van der Waals surface area (Å²) in [6.07, 6.45) is 0.235. The second kappa shape index (κ2) is 8.76. The van der Waals surface area contributed by atoms with Crippen LogP contribution in [0.5, 0.6) is 11.5 Å². The van der Waals surface area contributed by atoms with E-state index in [9.17, 15) is 9.59 Å². The molecule has 0 bridgehead atoms. The van der Waals surface area contributed by atoms with Gasteiger partial charge in [-0.1, -0.05) is 17.8 Å². The standard InChI is InChI=1S/C19H16N2O4S3/c22-15(12-3-4-16-17(6-12)25-11-24-16)10-28-19-21-13(9-27-19)7-18(23)20-8-14-2-1-5-26-14/h1-6,9H,7-8,10-11H2,(H,20,23). The Balaban J connectivity index is 1.26. The van der Waals surface area contributed by atoms with E-state index < -0.39 is 0 Å². The molecule has 1 aromatic carbocycles. The molecule has 6 nitrogen and oxygen atoms in total. The van der Waals surface area contributed by atoms with E-state index in [0.717, 1.165) is 9.22 Å². The van der Waals surface area contributed by atoms with Gasteiger partial charge in [0, 0.05) is 15.8 Å². The first-order valence-electron chi connectivity index (χ1n) is 8.46. The van der Waals surface area contributed by atoms with Crippen LogP contribution < -0.4 is 14.8 Å². The van der Waals surface area contributed by atoms with Crippen molar-refractivity contribution in [3.05, 3.63) is 57.2 Å². The monoisotopic (exact) mass is 432 g/mol. The molecule has 144 valence electrons. The summed E-state index contributed by atoms with van der Waals surface area (Å²) in [5.74, 6) is 1.46. The lowest BCUT2D eigenvalue weighted by Crippen LogP contribution is -2.24. The predicted octanol–water partition coefficient (Wildman–Crippen LogP) is 3.77. The molecule has 3 heterocycles. The number of thioether (sulfide) groups is 1. The minimum atomic E-state index is -0.0633. The number of Topliss-reactive ketones (excluding diaryl/α,β-unsaturated/α-hetero) is 1. The van der Waals surface area contributed by atoms with Gasteiger partial charge in [0.2, 0.25) is 12.7 Å². The Kier molecular flexibility index (Phi) is 5.94. The van der Waals surface area contributed by atoms with Crippen molar-refractivity contribution in [3.63, 3.8) is 0 Å². The van der Waals surface area contributed by atoms with E-state index in [0.29, 0.717) is 29.3 Å². The lowest BCUT2D eigenvalue weighted by Gasteiger charge is -2.02. The van der Waals surface area contributed by atoms with Crippen molar-refractivity contribution in [3.8, 4) is 11.5 Å². The number of carbonyl (C=O) groups excluding carboxylic acids is 2. The van der Waals surface area contributed by atoms with Crippen molar-refractivity contribution in [2.24, 2.45) is 0 Å². The van der Waals surface area contributed by atoms with Crippen LogP contribution in [0.25, 0.3) is 0 Å². The minimum absolute atomic E-state index is 0.00580. The molecular weight excluding hydrogens is 416 g/mol. The van der Waals surface area contributed by atoms with Crippen molar-refractivity contribution >= 4 is 46.1 Å². The Morgan fingerprint density at radius 1 is 1.18 bits per heavy atom. The van der Waals surface area contributed by atoms with Crippen LogP contribution in [0, 0.1) is 0 Å². The number of aromatic nitrogens is 1. The molecule has 28 heavy (non-hydrogen) atoms. The van der Waals surface area contributed by atoms with Gasteiger partial charge in [0.05, 0.1) is 24.4 Å². The van der Waals surface area contributed by atoms with Crippen LogP contribution in [0.1, 0.15) is 20.9 Å². The number of rotatable bonds is 8. The molecule has 1 aliphatic heterocycles. The Morgan fingerprint density at radius 2 is 2.07 bits per heavy atom. The van der Waals surface area contributed by atoms with Crippen LogP contribution >= 0.6 is 34.4 Å². The van der Waals surface area contributed by atoms with Crippen molar-refractivity contribution in [2.45, 2.75) is 17.3 Å². The van der Waals surface area contributed by atoms with E-state index in [1.165, 1.54) is 23.1 Å². The van der Waals surface area contributed by atoms with Crippen molar-refractivity contribution < 1.29 is 19.1 Å². The second-order valence-corrected chi connectivity index (χ2v) is 9.03. The molecular formula is C19H16N2O4S3. The highest BCUT2D eigenvalue weighted by Crippen LogP contribution is 2.33. The highest BCUT2D eigenvalue weighted by Gasteiger charge is 2.17. The summed E-state index contributed by atoms with van der Waals surface area (Å²) < 4.78 is 11.3. The van der Waals surface area contributed by atoms with Crippen molar-refractivity contribution in [1.82, 2.24) is 10.3 Å². The summed E-state index contributed by atoms with van der Waals surface area (Å²) in [6, 6.07) is 9.13. The zero-order valence-corrected chi connectivity index (χ0v) is 17.1. The molecule has 0 fully saturated rings. The van der Waals surface area contributed by atoms with Crippen LogP contribution in [0.3, 0.4) is 0 Å². The molecule has 1 amide bonds. The van der Waals surface area contributed by atoms with Crippen LogP contribution in [-0.4, -0.2) is 29.2 Å². The first-order valence-corrected chi connectivity index (χ1v) is 11.2. The average Bonchev–Trinajstić information content (AvgIpc) is 3.45. The molecule has 2 aromatic heterocycles. The SMILES string of the molecule is O=C(Cc1csc(SCC(=O)c2ccc3c(c2)OCO3)n1)NCc1cccs1. The maximum Gasteiger partial charge on any atom is 0.231 e. The molecule has 0 spiro atoms. The molecule has 4 rings (SSSR count). The van der Waals surface area contributed by atoms with Gasteiger partial charge in [-0.05, 0) is 29.6 Å². The Hall–Kier alpha value is -2.36. The van der Waals surface area contributed by atoms with Crippen molar-refractivity contribution in [1.29, 1.82) is 0 Å². The number of thiazole rings is 1. The maximum atomic E-state index is 12.4. The lowest BCUT2D eigenvalue weighted by atomic mass is 10.1. The van der Waals surface area contributed by atoms with Crippen LogP contribution in [0.2, 0.25) is 0 Å². The number of amides is 1. The van der Waals surface area contributed by atoms with E-state index >= 15 is 0 Å². The minimum Gasteiger partial charge on any atom is -0.454 e. The average molecular weight is 433 g/mol. The molecule has 1 aliphatic rings. The fraction of sp³-hybridized carbons (Fsp3) is 0.211. The Bertz CT molecular complexity index is 985. The molecule has 0 unspecified atom stereocenters. The number of carbonyl (C=O) groups is 2. The number of nitrogens with zero attached hydrogens (tertiary/aromatic N) is 1. The number of thiophene rings is 1. The first kappa shape index (κ1) is 19.0. The first-order chi connectivity index (χ1) is 13.7. The summed E-state index contributed by atoms with van der Waals surface area (Å²) in [6.45, 7) is 0.719. The summed E-state index contributed by atoms with van der Waals surface area (Å²) in [4.78, 5) is 30.0. The van der Waals surface area contributed by atoms with Gasteiger partial charge in [-0.2, -0.15) is 0 Å². The topological polar surface area (TPSA) is 77.5 Å². The van der Waals surface area contributed by atoms with Crippen LogP contribution in [-0.2, 0) is 17.8 Å². The normalized spacial score (nSPS) is 12.1. The largest absolute Gasteiger partial charge is 0.454 e. The number of nitrogens with one attached hydrogen (secondary N) is 1. The third-order valence-corrected chi connectivity index (χ3v) is 6.88. The summed E-state index contributed by atoms with van der Waals surface area (Å²) >= 11 is 4.42. The van der Waals surface area contributed by atoms with Gasteiger partial charge in [-0.15, -0.1) is 22.7 Å². The van der Waals surface area contributed by atoms with E-state index in [1.54, 1.807) is 29.5 Å². The predicted molar refractivity (Wildman–Crippen MR) is 110 cm³/mol. The van der Waals surface area contributed by atoms with E-state index in [-0.39, 0.29) is 30.7 Å². The molecule has 3 aromatic rings. The number of hydrogen-bond acceptors (Lipinski definition) is 8. The van der Waals surface area contributed by atoms with E-state index in [1.807, 2.05) is 22.9 Å². The fourth-order valence-corrected chi connectivity index (χ4v) is 4.93. The number of benzene rings is 1. The number of ketones is 1. The third kappa shape index (κ3) is 4.73. The smallest absolute Gasteiger partial charge is 0.231 e. The quantitative estimate of drug-likeness (QED) is 0.431. The van der Waals surface area contributed by atoms with Gasteiger partial charge in [0.1, 0.15) is 0 Å². The maximum absolute atomic E-state index is 12.4. The van der Waals surface area contributed by atoms with Gasteiger partial charge in [-0.3, -0.25) is 9.59 Å². The third-order valence-electron chi connectivity index (χ3n) is 3.93.